The average Bonchev–Trinajstić information content (AvgIpc) is 2.47. The lowest BCUT2D eigenvalue weighted by molar-refractivity contribution is 0.629. The minimum atomic E-state index is -0.177. The first-order valence-electron chi connectivity index (χ1n) is 3.73. The van der Waals surface area contributed by atoms with Crippen LogP contribution >= 0.6 is 58.1 Å². The third-order valence-electron chi connectivity index (χ3n) is 1.77. The van der Waals surface area contributed by atoms with E-state index in [4.69, 9.17) is 0 Å². The van der Waals surface area contributed by atoms with Crippen LogP contribution in [0, 0.1) is 5.82 Å². The van der Waals surface area contributed by atoms with E-state index < -0.39 is 0 Å². The van der Waals surface area contributed by atoms with Crippen molar-refractivity contribution in [3.05, 3.63) is 36.3 Å². The first kappa shape index (κ1) is 11.4. The lowest BCUT2D eigenvalue weighted by Crippen LogP contribution is -1.80. The van der Waals surface area contributed by atoms with Gasteiger partial charge < -0.3 is 0 Å². The summed E-state index contributed by atoms with van der Waals surface area (Å²) in [4.78, 5) is 0. The van der Waals surface area contributed by atoms with E-state index in [1.54, 1.807) is 17.6 Å². The molecule has 1 aromatic carbocycles. The zero-order valence-corrected chi connectivity index (χ0v) is 12.8. The Kier molecular flexibility index (Phi) is 3.95. The molecule has 0 bridgehead atoms. The quantitative estimate of drug-likeness (QED) is 0.439. The van der Waals surface area contributed by atoms with Crippen LogP contribution in [0.4, 0.5) is 4.39 Å². The molecule has 0 spiro atoms. The summed E-state index contributed by atoms with van der Waals surface area (Å²) in [7, 11) is 0. The second kappa shape index (κ2) is 4.84. The molecule has 0 amide bonds. The minimum Gasteiger partial charge on any atom is -0.286 e. The van der Waals surface area contributed by atoms with Crippen LogP contribution in [0.1, 0.15) is 0 Å². The van der Waals surface area contributed by atoms with Gasteiger partial charge in [0.1, 0.15) is 8.23 Å². The molecule has 2 aromatic rings. The molecule has 2 rings (SSSR count). The lowest BCUT2D eigenvalue weighted by Gasteiger charge is -2.03. The fourth-order valence-corrected chi connectivity index (χ4v) is 5.95. The zero-order chi connectivity index (χ0) is 10.1. The maximum Gasteiger partial charge on any atom is 0.125 e. The Morgan fingerprint density at radius 2 is 2.07 bits per heavy atom. The van der Waals surface area contributed by atoms with Gasteiger partial charge in [0, 0.05) is 23.2 Å². The highest BCUT2D eigenvalue weighted by molar-refractivity contribution is 14.3. The van der Waals surface area contributed by atoms with Crippen molar-refractivity contribution in [2.45, 2.75) is 0 Å². The first-order chi connectivity index (χ1) is 6.66. The SMILES string of the molecule is Fc1ccc2ccn(SP(I)I)c2c1. The smallest absolute Gasteiger partial charge is 0.125 e. The summed E-state index contributed by atoms with van der Waals surface area (Å²) in [6.07, 6.45) is 1.99. The van der Waals surface area contributed by atoms with E-state index in [9.17, 15) is 4.39 Å². The van der Waals surface area contributed by atoms with Crippen molar-refractivity contribution >= 4 is 69.0 Å². The number of nitrogens with zero attached hydrogens (tertiary/aromatic N) is 1. The Morgan fingerprint density at radius 1 is 1.29 bits per heavy atom. The summed E-state index contributed by atoms with van der Waals surface area (Å²) >= 11 is 6.50. The number of rotatable bonds is 2. The van der Waals surface area contributed by atoms with Crippen molar-refractivity contribution in [2.75, 3.05) is 0 Å². The predicted octanol–water partition coefficient (Wildman–Crippen LogP) is 5.37. The largest absolute Gasteiger partial charge is 0.286 e. The van der Waals surface area contributed by atoms with Gasteiger partial charge in [-0.25, -0.2) is 4.39 Å². The van der Waals surface area contributed by atoms with Crippen LogP contribution in [0.25, 0.3) is 10.9 Å². The lowest BCUT2D eigenvalue weighted by atomic mass is 10.2. The second-order valence-electron chi connectivity index (χ2n) is 2.63. The normalized spacial score (nSPS) is 11.4. The highest BCUT2D eigenvalue weighted by Gasteiger charge is 2.06. The third kappa shape index (κ3) is 2.54. The molecule has 1 nitrogen and oxygen atoms in total. The molecule has 0 saturated carbocycles. The second-order valence-corrected chi connectivity index (χ2v) is 20.4. The molecule has 6 heteroatoms. The van der Waals surface area contributed by atoms with Crippen molar-refractivity contribution in [2.24, 2.45) is 0 Å². The first-order valence-corrected chi connectivity index (χ1v) is 12.0. The van der Waals surface area contributed by atoms with Crippen LogP contribution in [0.2, 0.25) is 0 Å². The Hall–Kier alpha value is 0.930. The van der Waals surface area contributed by atoms with Gasteiger partial charge in [0.2, 0.25) is 0 Å². The predicted molar refractivity (Wildman–Crippen MR) is 79.8 cm³/mol. The Morgan fingerprint density at radius 3 is 2.79 bits per heavy atom. The number of fused-ring (bicyclic) bond motifs is 1. The van der Waals surface area contributed by atoms with E-state index in [0.29, 0.717) is 0 Å². The van der Waals surface area contributed by atoms with Crippen LogP contribution in [0.15, 0.2) is 30.5 Å². The molecular weight excluding hydrogens is 446 g/mol. The summed E-state index contributed by atoms with van der Waals surface area (Å²) in [6.45, 7) is 0. The summed E-state index contributed by atoms with van der Waals surface area (Å²) in [5, 5.41) is 1.09. The average molecular weight is 451 g/mol. The van der Waals surface area contributed by atoms with Crippen molar-refractivity contribution < 1.29 is 4.39 Å². The van der Waals surface area contributed by atoms with Gasteiger partial charge in [0.25, 0.3) is 0 Å². The van der Waals surface area contributed by atoms with E-state index in [1.165, 1.54) is 6.07 Å². The van der Waals surface area contributed by atoms with Gasteiger partial charge in [0.15, 0.2) is 0 Å². The molecule has 1 aromatic heterocycles. The van der Waals surface area contributed by atoms with E-state index in [2.05, 4.69) is 44.1 Å². The van der Waals surface area contributed by atoms with E-state index in [1.807, 2.05) is 22.3 Å². The standard InChI is InChI=1S/C8H5FI2NPS/c9-7-2-1-6-3-4-12(8(6)5-7)14-13(10)11/h1-5H. The van der Waals surface area contributed by atoms with Gasteiger partial charge in [-0.05, 0) is 68.3 Å². The molecule has 74 valence electrons. The van der Waals surface area contributed by atoms with Gasteiger partial charge >= 0.3 is 0 Å². The van der Waals surface area contributed by atoms with Crippen LogP contribution in [0.3, 0.4) is 0 Å². The number of halogens is 3. The molecule has 0 fully saturated rings. The number of hydrogen-bond acceptors (Lipinski definition) is 1. The van der Waals surface area contributed by atoms with Gasteiger partial charge in [0.05, 0.1) is 5.52 Å². The molecule has 0 N–H and O–H groups in total. The van der Waals surface area contributed by atoms with Gasteiger partial charge in [-0.15, -0.1) is 0 Å². The highest BCUT2D eigenvalue weighted by Crippen LogP contribution is 2.65. The molecule has 0 aliphatic rings. The molecule has 0 aliphatic carbocycles. The number of aromatic nitrogens is 1. The molecule has 0 unspecified atom stereocenters. The molecule has 0 saturated heterocycles. The van der Waals surface area contributed by atoms with Gasteiger partial charge in [-0.1, -0.05) is 0 Å². The molecule has 14 heavy (non-hydrogen) atoms. The molecule has 0 atom stereocenters. The molecule has 0 radical (unpaired) electrons. The van der Waals surface area contributed by atoms with Gasteiger partial charge in [-0.2, -0.15) is 0 Å². The Bertz CT molecular complexity index is 460. The number of benzene rings is 1. The van der Waals surface area contributed by atoms with Crippen LogP contribution in [-0.4, -0.2) is 3.97 Å². The van der Waals surface area contributed by atoms with Crippen molar-refractivity contribution in [3.8, 4) is 0 Å². The Labute approximate surface area is 112 Å². The highest BCUT2D eigenvalue weighted by atomic mass is 127. The van der Waals surface area contributed by atoms with Crippen LogP contribution in [-0.2, 0) is 0 Å². The topological polar surface area (TPSA) is 4.93 Å². The summed E-state index contributed by atoms with van der Waals surface area (Å²) in [5.41, 5.74) is 0.954. The van der Waals surface area contributed by atoms with E-state index >= 15 is 0 Å². The summed E-state index contributed by atoms with van der Waals surface area (Å²) < 4.78 is 14.9. The van der Waals surface area contributed by atoms with Crippen molar-refractivity contribution in [1.82, 2.24) is 3.97 Å². The monoisotopic (exact) mass is 451 g/mol. The molecule has 0 aliphatic heterocycles. The molecular formula is C8H5FI2NPS. The minimum absolute atomic E-state index is 0.137. The van der Waals surface area contributed by atoms with E-state index in [-0.39, 0.29) is 8.23 Å². The molecule has 1 heterocycles. The maximum absolute atomic E-state index is 13.0. The summed E-state index contributed by atoms with van der Waals surface area (Å²) in [5.74, 6) is -0.177. The third-order valence-corrected chi connectivity index (χ3v) is 6.46. The fraction of sp³-hybridized carbons (Fsp3) is 0. The van der Waals surface area contributed by atoms with Crippen molar-refractivity contribution in [1.29, 1.82) is 0 Å². The fourth-order valence-electron chi connectivity index (χ4n) is 1.21. The zero-order valence-electron chi connectivity index (χ0n) is 6.82. The number of hydrogen-bond donors (Lipinski definition) is 0. The maximum atomic E-state index is 13.0. The summed E-state index contributed by atoms with van der Waals surface area (Å²) in [6, 6.07) is 6.89. The van der Waals surface area contributed by atoms with Gasteiger partial charge in [-0.3, -0.25) is 3.97 Å². The Balaban J connectivity index is 2.50. The van der Waals surface area contributed by atoms with Crippen LogP contribution < -0.4 is 0 Å². The van der Waals surface area contributed by atoms with E-state index in [0.717, 1.165) is 10.9 Å². The van der Waals surface area contributed by atoms with Crippen molar-refractivity contribution in [3.63, 3.8) is 0 Å². The van der Waals surface area contributed by atoms with Crippen LogP contribution in [0.5, 0.6) is 0 Å².